The van der Waals surface area contributed by atoms with Gasteiger partial charge in [-0.1, -0.05) is 37.6 Å². The zero-order chi connectivity index (χ0) is 9.90. The molecule has 1 rings (SSSR count). The standard InChI is InChI=1S/C11H16ClN/c1-11(2,8-13)7-9-3-5-10(12)6-4-9/h3-6H,7-8,13H2,1-2H3. The third-order valence-corrected chi connectivity index (χ3v) is 2.40. The van der Waals surface area contributed by atoms with Crippen LogP contribution in [0.15, 0.2) is 24.3 Å². The monoisotopic (exact) mass is 197 g/mol. The fourth-order valence-electron chi connectivity index (χ4n) is 1.23. The molecule has 13 heavy (non-hydrogen) atoms. The van der Waals surface area contributed by atoms with Gasteiger partial charge in [-0.05, 0) is 36.1 Å². The Labute approximate surface area is 84.9 Å². The molecule has 1 aromatic rings. The fourth-order valence-corrected chi connectivity index (χ4v) is 1.35. The summed E-state index contributed by atoms with van der Waals surface area (Å²) in [5, 5.41) is 0.786. The van der Waals surface area contributed by atoms with Crippen molar-refractivity contribution in [2.75, 3.05) is 6.54 Å². The molecule has 2 heteroatoms. The maximum absolute atomic E-state index is 5.79. The van der Waals surface area contributed by atoms with Crippen LogP contribution in [0, 0.1) is 5.41 Å². The van der Waals surface area contributed by atoms with Crippen molar-refractivity contribution in [1.82, 2.24) is 0 Å². The predicted octanol–water partition coefficient (Wildman–Crippen LogP) is 2.87. The molecule has 0 heterocycles. The fraction of sp³-hybridized carbons (Fsp3) is 0.455. The summed E-state index contributed by atoms with van der Waals surface area (Å²) in [5.41, 5.74) is 7.12. The predicted molar refractivity (Wildman–Crippen MR) is 58.0 cm³/mol. The van der Waals surface area contributed by atoms with Gasteiger partial charge in [-0.25, -0.2) is 0 Å². The molecule has 72 valence electrons. The second-order valence-corrected chi connectivity index (χ2v) is 4.61. The molecule has 0 bridgehead atoms. The lowest BCUT2D eigenvalue weighted by atomic mass is 9.86. The van der Waals surface area contributed by atoms with E-state index >= 15 is 0 Å². The Morgan fingerprint density at radius 1 is 1.23 bits per heavy atom. The maximum Gasteiger partial charge on any atom is 0.0406 e. The summed E-state index contributed by atoms with van der Waals surface area (Å²) in [7, 11) is 0. The van der Waals surface area contributed by atoms with Crippen molar-refractivity contribution in [1.29, 1.82) is 0 Å². The summed E-state index contributed by atoms with van der Waals surface area (Å²) in [4.78, 5) is 0. The molecule has 0 atom stereocenters. The molecule has 0 saturated heterocycles. The highest BCUT2D eigenvalue weighted by Crippen LogP contribution is 2.21. The summed E-state index contributed by atoms with van der Waals surface area (Å²) in [6.07, 6.45) is 1.00. The first-order valence-electron chi connectivity index (χ1n) is 4.48. The Morgan fingerprint density at radius 2 is 1.77 bits per heavy atom. The first-order valence-corrected chi connectivity index (χ1v) is 4.86. The van der Waals surface area contributed by atoms with Gasteiger partial charge in [-0.3, -0.25) is 0 Å². The molecule has 0 aliphatic carbocycles. The summed E-state index contributed by atoms with van der Waals surface area (Å²) in [5.74, 6) is 0. The Balaban J connectivity index is 2.69. The van der Waals surface area contributed by atoms with E-state index in [1.54, 1.807) is 0 Å². The zero-order valence-electron chi connectivity index (χ0n) is 8.18. The molecule has 0 radical (unpaired) electrons. The minimum Gasteiger partial charge on any atom is -0.330 e. The van der Waals surface area contributed by atoms with E-state index in [1.165, 1.54) is 5.56 Å². The van der Waals surface area contributed by atoms with E-state index in [9.17, 15) is 0 Å². The molecule has 0 spiro atoms. The third-order valence-electron chi connectivity index (χ3n) is 2.15. The van der Waals surface area contributed by atoms with Gasteiger partial charge in [0.1, 0.15) is 0 Å². The minimum absolute atomic E-state index is 0.174. The SMILES string of the molecule is CC(C)(CN)Cc1ccc(Cl)cc1. The molecule has 1 nitrogen and oxygen atoms in total. The lowest BCUT2D eigenvalue weighted by Crippen LogP contribution is -2.25. The Kier molecular flexibility index (Phi) is 3.34. The summed E-state index contributed by atoms with van der Waals surface area (Å²) < 4.78 is 0. The Morgan fingerprint density at radius 3 is 2.23 bits per heavy atom. The van der Waals surface area contributed by atoms with Gasteiger partial charge in [0.15, 0.2) is 0 Å². The smallest absolute Gasteiger partial charge is 0.0406 e. The van der Waals surface area contributed by atoms with Gasteiger partial charge in [-0.2, -0.15) is 0 Å². The van der Waals surface area contributed by atoms with Crippen LogP contribution in [-0.4, -0.2) is 6.54 Å². The summed E-state index contributed by atoms with van der Waals surface area (Å²) in [6, 6.07) is 7.95. The Hall–Kier alpha value is -0.530. The van der Waals surface area contributed by atoms with Gasteiger partial charge in [0.05, 0.1) is 0 Å². The molecule has 0 fully saturated rings. The normalized spacial score (nSPS) is 11.7. The molecule has 0 unspecified atom stereocenters. The van der Waals surface area contributed by atoms with Crippen LogP contribution in [0.3, 0.4) is 0 Å². The molecule has 0 saturated carbocycles. The van der Waals surface area contributed by atoms with Crippen molar-refractivity contribution in [2.24, 2.45) is 11.1 Å². The quantitative estimate of drug-likeness (QED) is 0.793. The number of benzene rings is 1. The van der Waals surface area contributed by atoms with E-state index in [0.717, 1.165) is 11.4 Å². The molecule has 0 aliphatic rings. The van der Waals surface area contributed by atoms with Crippen molar-refractivity contribution >= 4 is 11.6 Å². The number of nitrogens with two attached hydrogens (primary N) is 1. The highest BCUT2D eigenvalue weighted by Gasteiger charge is 2.15. The van der Waals surface area contributed by atoms with Crippen LogP contribution in [0.4, 0.5) is 0 Å². The number of halogens is 1. The van der Waals surface area contributed by atoms with Crippen LogP contribution in [0.25, 0.3) is 0 Å². The van der Waals surface area contributed by atoms with E-state index in [2.05, 4.69) is 26.0 Å². The Bertz CT molecular complexity index is 264. The summed E-state index contributed by atoms with van der Waals surface area (Å²) in [6.45, 7) is 5.04. The topological polar surface area (TPSA) is 26.0 Å². The first kappa shape index (κ1) is 10.6. The number of rotatable bonds is 3. The van der Waals surface area contributed by atoms with Crippen LogP contribution in [0.2, 0.25) is 5.02 Å². The third kappa shape index (κ3) is 3.37. The van der Waals surface area contributed by atoms with Gasteiger partial charge in [0.25, 0.3) is 0 Å². The maximum atomic E-state index is 5.79. The largest absolute Gasteiger partial charge is 0.330 e. The molecular weight excluding hydrogens is 182 g/mol. The zero-order valence-corrected chi connectivity index (χ0v) is 8.93. The van der Waals surface area contributed by atoms with Crippen LogP contribution in [0.5, 0.6) is 0 Å². The van der Waals surface area contributed by atoms with Crippen molar-refractivity contribution in [3.8, 4) is 0 Å². The average Bonchev–Trinajstić information content (AvgIpc) is 2.09. The van der Waals surface area contributed by atoms with Gasteiger partial charge < -0.3 is 5.73 Å². The molecular formula is C11H16ClN. The molecule has 0 aliphatic heterocycles. The van der Waals surface area contributed by atoms with Crippen LogP contribution in [-0.2, 0) is 6.42 Å². The number of hydrogen-bond donors (Lipinski definition) is 1. The minimum atomic E-state index is 0.174. The van der Waals surface area contributed by atoms with Crippen molar-refractivity contribution < 1.29 is 0 Å². The van der Waals surface area contributed by atoms with Crippen molar-refractivity contribution in [3.05, 3.63) is 34.9 Å². The van der Waals surface area contributed by atoms with Gasteiger partial charge in [0, 0.05) is 5.02 Å². The first-order chi connectivity index (χ1) is 6.03. The lowest BCUT2D eigenvalue weighted by Gasteiger charge is -2.22. The van der Waals surface area contributed by atoms with E-state index < -0.39 is 0 Å². The van der Waals surface area contributed by atoms with Crippen LogP contribution >= 0.6 is 11.6 Å². The second-order valence-electron chi connectivity index (χ2n) is 4.17. The van der Waals surface area contributed by atoms with Gasteiger partial charge in [0.2, 0.25) is 0 Å². The summed E-state index contributed by atoms with van der Waals surface area (Å²) >= 11 is 5.79. The molecule has 2 N–H and O–H groups in total. The van der Waals surface area contributed by atoms with Gasteiger partial charge >= 0.3 is 0 Å². The number of hydrogen-bond acceptors (Lipinski definition) is 1. The molecule has 1 aromatic carbocycles. The van der Waals surface area contributed by atoms with Crippen LogP contribution < -0.4 is 5.73 Å². The molecule has 0 amide bonds. The highest BCUT2D eigenvalue weighted by atomic mass is 35.5. The molecule has 0 aromatic heterocycles. The lowest BCUT2D eigenvalue weighted by molar-refractivity contribution is 0.377. The van der Waals surface area contributed by atoms with Gasteiger partial charge in [-0.15, -0.1) is 0 Å². The van der Waals surface area contributed by atoms with Crippen molar-refractivity contribution in [2.45, 2.75) is 20.3 Å². The highest BCUT2D eigenvalue weighted by molar-refractivity contribution is 6.30. The average molecular weight is 198 g/mol. The second kappa shape index (κ2) is 4.12. The van der Waals surface area contributed by atoms with Crippen molar-refractivity contribution in [3.63, 3.8) is 0 Å². The van der Waals surface area contributed by atoms with Crippen LogP contribution in [0.1, 0.15) is 19.4 Å². The van der Waals surface area contributed by atoms with E-state index in [1.807, 2.05) is 12.1 Å². The van der Waals surface area contributed by atoms with E-state index in [4.69, 9.17) is 17.3 Å². The van der Waals surface area contributed by atoms with E-state index in [-0.39, 0.29) is 5.41 Å². The van der Waals surface area contributed by atoms with E-state index in [0.29, 0.717) is 6.54 Å².